The van der Waals surface area contributed by atoms with Crippen LogP contribution in [0.15, 0.2) is 23.2 Å². The highest BCUT2D eigenvalue weighted by Crippen LogP contribution is 2.20. The highest BCUT2D eigenvalue weighted by atomic mass is 32.2. The summed E-state index contributed by atoms with van der Waals surface area (Å²) >= 11 is 1.47. The molecule has 0 saturated carbocycles. The number of hydrogen-bond donors (Lipinski definition) is 2. The summed E-state index contributed by atoms with van der Waals surface area (Å²) in [6, 6.07) is 5.93. The van der Waals surface area contributed by atoms with Crippen LogP contribution in [0.25, 0.3) is 0 Å². The molecule has 19 heavy (non-hydrogen) atoms. The number of thioether (sulfide) groups is 1. The fraction of sp³-hybridized carbons (Fsp3) is 0.429. The lowest BCUT2D eigenvalue weighted by molar-refractivity contribution is -0.115. The second-order valence-corrected chi connectivity index (χ2v) is 5.94. The summed E-state index contributed by atoms with van der Waals surface area (Å²) in [6.07, 6.45) is 0. The predicted octanol–water partition coefficient (Wildman–Crippen LogP) is 2.32. The lowest BCUT2D eigenvalue weighted by Crippen LogP contribution is -2.27. The average molecular weight is 277 g/mol. The number of hydrogen-bond acceptors (Lipinski definition) is 4. The summed E-state index contributed by atoms with van der Waals surface area (Å²) in [4.78, 5) is 16.4. The van der Waals surface area contributed by atoms with Gasteiger partial charge in [-0.25, -0.2) is 0 Å². The highest BCUT2D eigenvalue weighted by molar-refractivity contribution is 8.14. The number of rotatable bonds is 3. The first-order chi connectivity index (χ1) is 9.08. The van der Waals surface area contributed by atoms with Gasteiger partial charge in [-0.15, -0.1) is 0 Å². The van der Waals surface area contributed by atoms with Gasteiger partial charge in [-0.3, -0.25) is 9.79 Å². The first kappa shape index (κ1) is 13.9. The Bertz CT molecular complexity index is 513. The van der Waals surface area contributed by atoms with Crippen molar-refractivity contribution in [3.63, 3.8) is 0 Å². The van der Waals surface area contributed by atoms with Crippen LogP contribution in [0.3, 0.4) is 0 Å². The summed E-state index contributed by atoms with van der Waals surface area (Å²) in [5.41, 5.74) is 3.18. The summed E-state index contributed by atoms with van der Waals surface area (Å²) < 4.78 is 0. The first-order valence-corrected chi connectivity index (χ1v) is 7.28. The van der Waals surface area contributed by atoms with Crippen LogP contribution in [0.5, 0.6) is 0 Å². The number of benzene rings is 1. The second kappa shape index (κ2) is 6.10. The number of carbonyl (C=O) groups is 1. The number of aryl methyl sites for hydroxylation is 1. The van der Waals surface area contributed by atoms with E-state index in [-0.39, 0.29) is 11.2 Å². The number of amides is 1. The third kappa shape index (κ3) is 3.50. The topological polar surface area (TPSA) is 53.5 Å². The van der Waals surface area contributed by atoms with E-state index in [1.807, 2.05) is 39.0 Å². The van der Waals surface area contributed by atoms with Gasteiger partial charge in [0.25, 0.3) is 0 Å². The highest BCUT2D eigenvalue weighted by Gasteiger charge is 2.18. The molecular weight excluding hydrogens is 258 g/mol. The number of amidine groups is 1. The van der Waals surface area contributed by atoms with Crippen LogP contribution in [0.4, 0.5) is 5.69 Å². The fourth-order valence-corrected chi connectivity index (χ4v) is 2.65. The van der Waals surface area contributed by atoms with Crippen LogP contribution in [-0.4, -0.2) is 29.4 Å². The van der Waals surface area contributed by atoms with Crippen molar-refractivity contribution in [2.75, 3.05) is 18.4 Å². The lowest BCUT2D eigenvalue weighted by Gasteiger charge is -2.14. The molecule has 0 unspecified atom stereocenters. The van der Waals surface area contributed by atoms with Gasteiger partial charge in [0.2, 0.25) is 5.91 Å². The molecule has 0 radical (unpaired) electrons. The number of nitrogens with zero attached hydrogens (tertiary/aromatic N) is 1. The Morgan fingerprint density at radius 3 is 2.95 bits per heavy atom. The summed E-state index contributed by atoms with van der Waals surface area (Å²) in [7, 11) is 0. The SMILES string of the molecule is Cc1cccc(NC(=O)[C@H](C)SC2=NCCN2)c1C. The Morgan fingerprint density at radius 1 is 1.47 bits per heavy atom. The van der Waals surface area contributed by atoms with E-state index in [9.17, 15) is 4.79 Å². The number of carbonyl (C=O) groups excluding carboxylic acids is 1. The molecule has 0 aromatic heterocycles. The smallest absolute Gasteiger partial charge is 0.237 e. The van der Waals surface area contributed by atoms with Gasteiger partial charge in [-0.05, 0) is 38.0 Å². The largest absolute Gasteiger partial charge is 0.363 e. The molecule has 102 valence electrons. The third-order valence-electron chi connectivity index (χ3n) is 3.16. The number of nitrogens with one attached hydrogen (secondary N) is 2. The maximum Gasteiger partial charge on any atom is 0.237 e. The van der Waals surface area contributed by atoms with Crippen LogP contribution < -0.4 is 10.6 Å². The van der Waals surface area contributed by atoms with Crippen LogP contribution in [0.1, 0.15) is 18.1 Å². The predicted molar refractivity (Wildman–Crippen MR) is 81.9 cm³/mol. The molecule has 2 N–H and O–H groups in total. The quantitative estimate of drug-likeness (QED) is 0.891. The van der Waals surface area contributed by atoms with Gasteiger partial charge in [-0.1, -0.05) is 23.9 Å². The normalized spacial score (nSPS) is 15.6. The van der Waals surface area contributed by atoms with Crippen molar-refractivity contribution in [3.8, 4) is 0 Å². The van der Waals surface area contributed by atoms with E-state index in [0.29, 0.717) is 0 Å². The Morgan fingerprint density at radius 2 is 2.26 bits per heavy atom. The molecule has 1 heterocycles. The monoisotopic (exact) mass is 277 g/mol. The number of aliphatic imine (C=N–C) groups is 1. The van der Waals surface area contributed by atoms with Gasteiger partial charge in [0.05, 0.1) is 11.8 Å². The van der Waals surface area contributed by atoms with Crippen molar-refractivity contribution in [3.05, 3.63) is 29.3 Å². The molecule has 5 heteroatoms. The van der Waals surface area contributed by atoms with Crippen molar-refractivity contribution in [2.24, 2.45) is 4.99 Å². The molecule has 2 rings (SSSR count). The standard InChI is InChI=1S/C14H19N3OS/c1-9-5-4-6-12(10(9)2)17-13(18)11(3)19-14-15-7-8-16-14/h4-6,11H,7-8H2,1-3H3,(H,15,16)(H,17,18)/t11-/m0/s1. The van der Waals surface area contributed by atoms with Gasteiger partial charge in [0.1, 0.15) is 0 Å². The maximum absolute atomic E-state index is 12.1. The minimum Gasteiger partial charge on any atom is -0.363 e. The molecule has 0 aliphatic carbocycles. The Hall–Kier alpha value is -1.49. The molecule has 1 aromatic rings. The van der Waals surface area contributed by atoms with E-state index < -0.39 is 0 Å². The fourth-order valence-electron chi connectivity index (χ4n) is 1.80. The molecule has 0 spiro atoms. The van der Waals surface area contributed by atoms with Crippen LogP contribution in [0, 0.1) is 13.8 Å². The van der Waals surface area contributed by atoms with E-state index in [1.165, 1.54) is 17.3 Å². The van der Waals surface area contributed by atoms with Crippen molar-refractivity contribution in [2.45, 2.75) is 26.0 Å². The van der Waals surface area contributed by atoms with Crippen LogP contribution >= 0.6 is 11.8 Å². The minimum absolute atomic E-state index is 0.00935. The molecule has 1 aromatic carbocycles. The molecule has 1 aliphatic rings. The molecule has 0 bridgehead atoms. The van der Waals surface area contributed by atoms with Gasteiger partial charge in [0.15, 0.2) is 5.17 Å². The number of anilines is 1. The summed E-state index contributed by atoms with van der Waals surface area (Å²) in [6.45, 7) is 7.63. The zero-order valence-electron chi connectivity index (χ0n) is 11.5. The van der Waals surface area contributed by atoms with Gasteiger partial charge in [-0.2, -0.15) is 0 Å². The van der Waals surface area contributed by atoms with E-state index in [0.717, 1.165) is 29.5 Å². The maximum atomic E-state index is 12.1. The molecule has 0 saturated heterocycles. The molecule has 0 fully saturated rings. The van der Waals surface area contributed by atoms with E-state index >= 15 is 0 Å². The molecule has 1 atom stereocenters. The zero-order valence-corrected chi connectivity index (χ0v) is 12.3. The summed E-state index contributed by atoms with van der Waals surface area (Å²) in [5, 5.41) is 6.84. The molecule has 1 aliphatic heterocycles. The van der Waals surface area contributed by atoms with Gasteiger partial charge < -0.3 is 10.6 Å². The van der Waals surface area contributed by atoms with Gasteiger partial charge >= 0.3 is 0 Å². The molecule has 4 nitrogen and oxygen atoms in total. The Balaban J connectivity index is 1.98. The van der Waals surface area contributed by atoms with Crippen molar-refractivity contribution in [1.29, 1.82) is 0 Å². The van der Waals surface area contributed by atoms with Crippen molar-refractivity contribution < 1.29 is 4.79 Å². The van der Waals surface area contributed by atoms with E-state index in [2.05, 4.69) is 15.6 Å². The minimum atomic E-state index is -0.163. The van der Waals surface area contributed by atoms with Gasteiger partial charge in [0, 0.05) is 12.2 Å². The van der Waals surface area contributed by atoms with E-state index in [1.54, 1.807) is 0 Å². The third-order valence-corrected chi connectivity index (χ3v) is 4.23. The van der Waals surface area contributed by atoms with Crippen molar-refractivity contribution in [1.82, 2.24) is 5.32 Å². The van der Waals surface area contributed by atoms with Crippen LogP contribution in [-0.2, 0) is 4.79 Å². The molecule has 1 amide bonds. The van der Waals surface area contributed by atoms with Crippen LogP contribution in [0.2, 0.25) is 0 Å². The van der Waals surface area contributed by atoms with E-state index in [4.69, 9.17) is 0 Å². The molecular formula is C14H19N3OS. The Kier molecular flexibility index (Phi) is 4.47. The lowest BCUT2D eigenvalue weighted by atomic mass is 10.1. The average Bonchev–Trinajstić information content (AvgIpc) is 2.87. The Labute approximate surface area is 118 Å². The second-order valence-electron chi connectivity index (χ2n) is 4.61. The summed E-state index contributed by atoms with van der Waals surface area (Å²) in [5.74, 6) is 0.00935. The zero-order chi connectivity index (χ0) is 13.8. The first-order valence-electron chi connectivity index (χ1n) is 6.40. The van der Waals surface area contributed by atoms with Crippen molar-refractivity contribution >= 4 is 28.5 Å².